The van der Waals surface area contributed by atoms with Crippen LogP contribution in [0.15, 0.2) is 47.0 Å². The molecule has 150 valence electrons. The number of carbonyl (C=O) groups is 2. The maximum absolute atomic E-state index is 12.9. The Labute approximate surface area is 159 Å². The van der Waals surface area contributed by atoms with Gasteiger partial charge in [-0.15, -0.1) is 0 Å². The lowest BCUT2D eigenvalue weighted by Crippen LogP contribution is -2.29. The number of ether oxygens (including phenoxy) is 4. The molecule has 2 aliphatic heterocycles. The highest BCUT2D eigenvalue weighted by atomic mass is 19.3. The number of para-hydroxylation sites is 1. The third-order valence-corrected chi connectivity index (χ3v) is 4.12. The second-order valence-electron chi connectivity index (χ2n) is 6.45. The minimum absolute atomic E-state index is 0.00357. The Balaban J connectivity index is 2.08. The van der Waals surface area contributed by atoms with E-state index in [1.165, 1.54) is 18.2 Å². The van der Waals surface area contributed by atoms with Crippen LogP contribution in [-0.2, 0) is 19.0 Å². The number of dihydropyridines is 1. The number of hydrogen-bond acceptors (Lipinski definition) is 7. The van der Waals surface area contributed by atoms with Crippen molar-refractivity contribution < 1.29 is 37.3 Å². The molecule has 0 amide bonds. The van der Waals surface area contributed by atoms with Crippen LogP contribution >= 0.6 is 0 Å². The van der Waals surface area contributed by atoms with Crippen molar-refractivity contribution in [1.82, 2.24) is 5.32 Å². The first-order valence-corrected chi connectivity index (χ1v) is 8.58. The van der Waals surface area contributed by atoms with Gasteiger partial charge in [-0.2, -0.15) is 8.78 Å². The lowest BCUT2D eigenvalue weighted by Gasteiger charge is -2.28. The van der Waals surface area contributed by atoms with Crippen molar-refractivity contribution in [3.63, 3.8) is 0 Å². The summed E-state index contributed by atoms with van der Waals surface area (Å²) in [5.74, 6) is -1.69. The van der Waals surface area contributed by atoms with Gasteiger partial charge in [-0.3, -0.25) is 0 Å². The number of esters is 1. The molecule has 1 aromatic carbocycles. The summed E-state index contributed by atoms with van der Waals surface area (Å²) in [4.78, 5) is 24.4. The zero-order valence-corrected chi connectivity index (χ0v) is 15.5. The maximum Gasteiger partial charge on any atom is 0.513 e. The fourth-order valence-corrected chi connectivity index (χ4v) is 3.11. The summed E-state index contributed by atoms with van der Waals surface area (Å²) in [6.45, 7) is 1.88. The Kier molecular flexibility index (Phi) is 5.53. The normalized spacial score (nSPS) is 18.8. The molecule has 1 unspecified atom stereocenters. The van der Waals surface area contributed by atoms with E-state index in [0.29, 0.717) is 11.4 Å². The lowest BCUT2D eigenvalue weighted by atomic mass is 9.85. The van der Waals surface area contributed by atoms with E-state index in [2.05, 4.69) is 10.1 Å². The quantitative estimate of drug-likeness (QED) is 0.763. The first-order chi connectivity index (χ1) is 13.3. The van der Waals surface area contributed by atoms with Gasteiger partial charge in [-0.25, -0.2) is 9.59 Å². The topological polar surface area (TPSA) is 83.1 Å². The van der Waals surface area contributed by atoms with Crippen LogP contribution in [0.25, 0.3) is 0 Å². The van der Waals surface area contributed by atoms with Gasteiger partial charge in [-0.1, -0.05) is 18.2 Å². The maximum atomic E-state index is 12.9. The van der Waals surface area contributed by atoms with Crippen LogP contribution in [-0.4, -0.2) is 31.4 Å². The van der Waals surface area contributed by atoms with Crippen LogP contribution in [0.2, 0.25) is 0 Å². The monoisotopic (exact) mass is 395 g/mol. The molecule has 0 aliphatic carbocycles. The summed E-state index contributed by atoms with van der Waals surface area (Å²) >= 11 is 0. The fraction of sp³-hybridized carbons (Fsp3) is 0.368. The number of rotatable bonds is 5. The summed E-state index contributed by atoms with van der Waals surface area (Å²) in [7, 11) is 0. The molecule has 2 aliphatic rings. The van der Waals surface area contributed by atoms with Gasteiger partial charge in [-0.05, 0) is 26.8 Å². The molecular weight excluding hydrogens is 376 g/mol. The van der Waals surface area contributed by atoms with Crippen LogP contribution in [0, 0.1) is 0 Å². The molecule has 28 heavy (non-hydrogen) atoms. The summed E-state index contributed by atoms with van der Waals surface area (Å²) in [6.07, 6.45) is -1.40. The zero-order chi connectivity index (χ0) is 20.4. The number of cyclic esters (lactones) is 1. The van der Waals surface area contributed by atoms with E-state index < -0.39 is 30.8 Å². The second kappa shape index (κ2) is 7.87. The largest absolute Gasteiger partial charge is 0.513 e. The molecule has 0 bridgehead atoms. The molecule has 7 nitrogen and oxygen atoms in total. The molecule has 0 aromatic heterocycles. The van der Waals surface area contributed by atoms with Gasteiger partial charge in [0.2, 0.25) is 0 Å². The number of benzene rings is 1. The summed E-state index contributed by atoms with van der Waals surface area (Å²) in [5, 5.41) is 2.97. The standard InChI is InChI=1S/C19H19F2NO6/c1-9(2)26-19(24)28-16-10(3)22-12-8-25-17(23)15(12)14(16)11-6-4-5-7-13(11)27-18(20)21/h4-7,9,14,18,22H,8H2,1-3H3. The Bertz CT molecular complexity index is 862. The minimum atomic E-state index is -3.06. The van der Waals surface area contributed by atoms with E-state index in [1.807, 2.05) is 0 Å². The van der Waals surface area contributed by atoms with Gasteiger partial charge in [0.15, 0.2) is 0 Å². The molecule has 0 saturated heterocycles. The Hall–Kier alpha value is -3.10. The zero-order valence-electron chi connectivity index (χ0n) is 15.5. The van der Waals surface area contributed by atoms with Crippen molar-refractivity contribution in [2.24, 2.45) is 0 Å². The van der Waals surface area contributed by atoms with E-state index in [0.717, 1.165) is 0 Å². The van der Waals surface area contributed by atoms with Crippen LogP contribution in [0.1, 0.15) is 32.3 Å². The highest BCUT2D eigenvalue weighted by Gasteiger charge is 2.42. The molecule has 1 atom stereocenters. The van der Waals surface area contributed by atoms with E-state index in [-0.39, 0.29) is 29.3 Å². The third kappa shape index (κ3) is 3.92. The molecule has 1 N–H and O–H groups in total. The van der Waals surface area contributed by atoms with Crippen LogP contribution in [0.3, 0.4) is 0 Å². The third-order valence-electron chi connectivity index (χ3n) is 4.12. The number of alkyl halides is 2. The molecule has 0 fully saturated rings. The summed E-state index contributed by atoms with van der Waals surface area (Å²) < 4.78 is 45.8. The molecule has 2 heterocycles. The Morgan fingerprint density at radius 2 is 2.00 bits per heavy atom. The van der Waals surface area contributed by atoms with Crippen molar-refractivity contribution in [1.29, 1.82) is 0 Å². The first-order valence-electron chi connectivity index (χ1n) is 8.58. The number of hydrogen-bond donors (Lipinski definition) is 1. The van der Waals surface area contributed by atoms with Crippen molar-refractivity contribution in [3.8, 4) is 5.75 Å². The predicted molar refractivity (Wildman–Crippen MR) is 92.3 cm³/mol. The number of carbonyl (C=O) groups excluding carboxylic acids is 2. The molecule has 9 heteroatoms. The number of allylic oxidation sites excluding steroid dienone is 2. The molecule has 1 aromatic rings. The fourth-order valence-electron chi connectivity index (χ4n) is 3.11. The van der Waals surface area contributed by atoms with Crippen molar-refractivity contribution in [3.05, 3.63) is 52.6 Å². The average Bonchev–Trinajstić information content (AvgIpc) is 2.96. The van der Waals surface area contributed by atoms with Crippen LogP contribution in [0.5, 0.6) is 5.75 Å². The van der Waals surface area contributed by atoms with Gasteiger partial charge < -0.3 is 24.3 Å². The lowest BCUT2D eigenvalue weighted by molar-refractivity contribution is -0.136. The van der Waals surface area contributed by atoms with Gasteiger partial charge in [0.1, 0.15) is 18.1 Å². The Morgan fingerprint density at radius 1 is 1.29 bits per heavy atom. The average molecular weight is 395 g/mol. The minimum Gasteiger partial charge on any atom is -0.456 e. The van der Waals surface area contributed by atoms with E-state index in [4.69, 9.17) is 14.2 Å². The summed E-state index contributed by atoms with van der Waals surface area (Å²) in [5.41, 5.74) is 1.31. The molecule has 0 radical (unpaired) electrons. The van der Waals surface area contributed by atoms with Crippen LogP contribution < -0.4 is 10.1 Å². The molecule has 3 rings (SSSR count). The van der Waals surface area contributed by atoms with Gasteiger partial charge in [0.05, 0.1) is 29.0 Å². The number of halogens is 2. The first kappa shape index (κ1) is 19.7. The van der Waals surface area contributed by atoms with E-state index in [9.17, 15) is 18.4 Å². The van der Waals surface area contributed by atoms with E-state index >= 15 is 0 Å². The second-order valence-corrected chi connectivity index (χ2v) is 6.45. The van der Waals surface area contributed by atoms with Crippen molar-refractivity contribution in [2.45, 2.75) is 39.4 Å². The van der Waals surface area contributed by atoms with Gasteiger partial charge in [0.25, 0.3) is 0 Å². The summed E-state index contributed by atoms with van der Waals surface area (Å²) in [6, 6.07) is 6.00. The van der Waals surface area contributed by atoms with Crippen molar-refractivity contribution >= 4 is 12.1 Å². The van der Waals surface area contributed by atoms with Crippen molar-refractivity contribution in [2.75, 3.05) is 6.61 Å². The Morgan fingerprint density at radius 3 is 2.68 bits per heavy atom. The number of nitrogens with one attached hydrogen (secondary N) is 1. The molecular formula is C19H19F2NO6. The van der Waals surface area contributed by atoms with Gasteiger partial charge in [0, 0.05) is 5.56 Å². The molecule has 0 saturated carbocycles. The smallest absolute Gasteiger partial charge is 0.456 e. The van der Waals surface area contributed by atoms with E-state index in [1.54, 1.807) is 26.8 Å². The highest BCUT2D eigenvalue weighted by molar-refractivity contribution is 5.95. The van der Waals surface area contributed by atoms with Gasteiger partial charge >= 0.3 is 18.7 Å². The predicted octanol–water partition coefficient (Wildman–Crippen LogP) is 3.58. The van der Waals surface area contributed by atoms with Crippen LogP contribution in [0.4, 0.5) is 13.6 Å². The highest BCUT2D eigenvalue weighted by Crippen LogP contribution is 2.44. The molecule has 0 spiro atoms. The SMILES string of the molecule is CC1=C(OC(=O)OC(C)C)C(c2ccccc2OC(F)F)C2=C(COC2=O)N1.